The van der Waals surface area contributed by atoms with Crippen molar-refractivity contribution in [3.63, 3.8) is 0 Å². The predicted molar refractivity (Wildman–Crippen MR) is 45.4 cm³/mol. The number of furan rings is 1. The van der Waals surface area contributed by atoms with Crippen LogP contribution in [0, 0.1) is 0 Å². The number of rotatable bonds is 1. The van der Waals surface area contributed by atoms with E-state index in [2.05, 4.69) is 4.74 Å². The Morgan fingerprint density at radius 2 is 2.50 bits per heavy atom. The van der Waals surface area contributed by atoms with E-state index in [0.717, 1.165) is 10.3 Å². The summed E-state index contributed by atoms with van der Waals surface area (Å²) >= 11 is 1.30. The quantitative estimate of drug-likeness (QED) is 0.635. The van der Waals surface area contributed by atoms with Gasteiger partial charge in [-0.05, 0) is 12.1 Å². The third-order valence-corrected chi connectivity index (χ3v) is 2.56. The minimum Gasteiger partial charge on any atom is -0.465 e. The van der Waals surface area contributed by atoms with E-state index in [9.17, 15) is 4.79 Å². The number of esters is 1. The Hall–Kier alpha value is -1.29. The highest BCUT2D eigenvalue weighted by Crippen LogP contribution is 2.26. The lowest BCUT2D eigenvalue weighted by atomic mass is 10.4. The van der Waals surface area contributed by atoms with Crippen LogP contribution in [0.3, 0.4) is 0 Å². The smallest absolute Gasteiger partial charge is 0.348 e. The molecule has 0 aromatic carbocycles. The van der Waals surface area contributed by atoms with Gasteiger partial charge in [0.15, 0.2) is 4.90 Å². The van der Waals surface area contributed by atoms with Crippen molar-refractivity contribution in [2.24, 2.45) is 0 Å². The first-order valence-corrected chi connectivity index (χ1v) is 4.18. The third kappa shape index (κ3) is 1.00. The maximum Gasteiger partial charge on any atom is 0.348 e. The van der Waals surface area contributed by atoms with E-state index in [4.69, 9.17) is 4.42 Å². The molecule has 0 amide bonds. The largest absolute Gasteiger partial charge is 0.465 e. The maximum atomic E-state index is 11.0. The zero-order valence-corrected chi connectivity index (χ0v) is 7.18. The second kappa shape index (κ2) is 2.64. The van der Waals surface area contributed by atoms with E-state index in [1.807, 2.05) is 6.07 Å². The number of thiophene rings is 1. The number of hydrogen-bond acceptors (Lipinski definition) is 4. The first-order chi connectivity index (χ1) is 5.81. The van der Waals surface area contributed by atoms with Crippen molar-refractivity contribution in [2.45, 2.75) is 0 Å². The molecule has 0 saturated carbocycles. The summed E-state index contributed by atoms with van der Waals surface area (Å²) in [5.41, 5.74) is 0. The zero-order valence-electron chi connectivity index (χ0n) is 6.37. The standard InChI is InChI=1S/C8H6O3S/c1-10-7(9)6-4-5-2-3-11-8(5)12-6/h2-4H,1H3. The average molecular weight is 182 g/mol. The highest BCUT2D eigenvalue weighted by Gasteiger charge is 2.11. The second-order valence-electron chi connectivity index (χ2n) is 2.27. The average Bonchev–Trinajstić information content (AvgIpc) is 2.60. The van der Waals surface area contributed by atoms with E-state index in [1.165, 1.54) is 18.4 Å². The lowest BCUT2D eigenvalue weighted by Crippen LogP contribution is -1.96. The molecule has 2 heterocycles. The van der Waals surface area contributed by atoms with Gasteiger partial charge >= 0.3 is 5.97 Å². The number of fused-ring (bicyclic) bond motifs is 1. The van der Waals surface area contributed by atoms with E-state index in [-0.39, 0.29) is 5.97 Å². The van der Waals surface area contributed by atoms with Crippen LogP contribution in [0.1, 0.15) is 9.67 Å². The van der Waals surface area contributed by atoms with E-state index >= 15 is 0 Å². The normalized spacial score (nSPS) is 10.4. The van der Waals surface area contributed by atoms with Gasteiger partial charge in [-0.15, -0.1) is 0 Å². The van der Waals surface area contributed by atoms with Gasteiger partial charge in [0, 0.05) is 5.39 Å². The van der Waals surface area contributed by atoms with Crippen molar-refractivity contribution in [3.05, 3.63) is 23.3 Å². The lowest BCUT2D eigenvalue weighted by molar-refractivity contribution is 0.0606. The van der Waals surface area contributed by atoms with Crippen molar-refractivity contribution in [2.75, 3.05) is 7.11 Å². The fourth-order valence-electron chi connectivity index (χ4n) is 0.967. The van der Waals surface area contributed by atoms with Crippen LogP contribution in [-0.2, 0) is 4.74 Å². The van der Waals surface area contributed by atoms with Crippen molar-refractivity contribution >= 4 is 27.6 Å². The molecule has 2 aromatic heterocycles. The summed E-state index contributed by atoms with van der Waals surface area (Å²) in [6, 6.07) is 3.58. The van der Waals surface area contributed by atoms with Gasteiger partial charge in [0.05, 0.1) is 13.4 Å². The third-order valence-electron chi connectivity index (χ3n) is 1.53. The Morgan fingerprint density at radius 1 is 1.67 bits per heavy atom. The molecule has 0 aliphatic carbocycles. The summed E-state index contributed by atoms with van der Waals surface area (Å²) in [7, 11) is 1.36. The van der Waals surface area contributed by atoms with Crippen molar-refractivity contribution < 1.29 is 13.9 Å². The van der Waals surface area contributed by atoms with Crippen LogP contribution < -0.4 is 0 Å². The Bertz CT molecular complexity index is 384. The first kappa shape index (κ1) is 7.36. The number of carbonyl (C=O) groups excluding carboxylic acids is 1. The molecule has 0 unspecified atom stereocenters. The molecular weight excluding hydrogens is 176 g/mol. The highest BCUT2D eigenvalue weighted by molar-refractivity contribution is 7.20. The van der Waals surface area contributed by atoms with Crippen molar-refractivity contribution in [1.82, 2.24) is 0 Å². The molecule has 2 aromatic rings. The molecule has 0 saturated heterocycles. The number of hydrogen-bond donors (Lipinski definition) is 0. The van der Waals surface area contributed by atoms with Crippen LogP contribution in [0.5, 0.6) is 0 Å². The Morgan fingerprint density at radius 3 is 3.17 bits per heavy atom. The fourth-order valence-corrected chi connectivity index (χ4v) is 1.87. The maximum absolute atomic E-state index is 11.0. The van der Waals surface area contributed by atoms with Gasteiger partial charge in [0.25, 0.3) is 0 Å². The molecular formula is C8H6O3S. The van der Waals surface area contributed by atoms with Gasteiger partial charge in [-0.1, -0.05) is 11.3 Å². The molecule has 0 fully saturated rings. The van der Waals surface area contributed by atoms with E-state index in [1.54, 1.807) is 12.3 Å². The van der Waals surface area contributed by atoms with Crippen molar-refractivity contribution in [1.29, 1.82) is 0 Å². The Kier molecular flexibility index (Phi) is 1.62. The highest BCUT2D eigenvalue weighted by atomic mass is 32.1. The summed E-state index contributed by atoms with van der Waals surface area (Å²) in [5.74, 6) is -0.314. The van der Waals surface area contributed by atoms with Gasteiger partial charge in [-0.25, -0.2) is 4.79 Å². The molecule has 0 bridgehead atoms. The zero-order chi connectivity index (χ0) is 8.55. The van der Waals surface area contributed by atoms with Crippen LogP contribution in [0.15, 0.2) is 22.8 Å². The molecule has 0 atom stereocenters. The summed E-state index contributed by atoms with van der Waals surface area (Å²) in [5, 5.41) is 0.945. The number of ether oxygens (including phenoxy) is 1. The van der Waals surface area contributed by atoms with Gasteiger partial charge in [0.1, 0.15) is 4.88 Å². The lowest BCUT2D eigenvalue weighted by Gasteiger charge is -1.90. The minimum atomic E-state index is -0.314. The molecule has 62 valence electrons. The number of methoxy groups -OCH3 is 1. The summed E-state index contributed by atoms with van der Waals surface area (Å²) in [6.45, 7) is 0. The van der Waals surface area contributed by atoms with E-state index < -0.39 is 0 Å². The van der Waals surface area contributed by atoms with Crippen LogP contribution in [-0.4, -0.2) is 13.1 Å². The molecule has 12 heavy (non-hydrogen) atoms. The first-order valence-electron chi connectivity index (χ1n) is 3.36. The molecule has 3 nitrogen and oxygen atoms in total. The summed E-state index contributed by atoms with van der Waals surface area (Å²) in [4.78, 5) is 12.4. The summed E-state index contributed by atoms with van der Waals surface area (Å²) in [6.07, 6.45) is 1.60. The molecule has 0 radical (unpaired) electrons. The fraction of sp³-hybridized carbons (Fsp3) is 0.125. The van der Waals surface area contributed by atoms with Gasteiger partial charge in [-0.3, -0.25) is 0 Å². The molecule has 0 aliphatic rings. The van der Waals surface area contributed by atoms with Crippen LogP contribution >= 0.6 is 11.3 Å². The molecule has 4 heteroatoms. The predicted octanol–water partition coefficient (Wildman–Crippen LogP) is 2.28. The van der Waals surface area contributed by atoms with E-state index in [0.29, 0.717) is 4.88 Å². The SMILES string of the molecule is COC(=O)c1cc2ccoc2s1. The van der Waals surface area contributed by atoms with Crippen LogP contribution in [0.25, 0.3) is 10.3 Å². The van der Waals surface area contributed by atoms with Gasteiger partial charge in [-0.2, -0.15) is 0 Å². The summed E-state index contributed by atoms with van der Waals surface area (Å²) < 4.78 is 9.67. The van der Waals surface area contributed by atoms with Crippen LogP contribution in [0.4, 0.5) is 0 Å². The van der Waals surface area contributed by atoms with Gasteiger partial charge < -0.3 is 9.15 Å². The van der Waals surface area contributed by atoms with Crippen molar-refractivity contribution in [3.8, 4) is 0 Å². The molecule has 0 aliphatic heterocycles. The van der Waals surface area contributed by atoms with Crippen LogP contribution in [0.2, 0.25) is 0 Å². The minimum absolute atomic E-state index is 0.314. The number of carbonyl (C=O) groups is 1. The monoisotopic (exact) mass is 182 g/mol. The van der Waals surface area contributed by atoms with Gasteiger partial charge in [0.2, 0.25) is 0 Å². The topological polar surface area (TPSA) is 39.4 Å². The molecule has 0 N–H and O–H groups in total. The Labute approximate surface area is 72.6 Å². The second-order valence-corrected chi connectivity index (χ2v) is 3.28. The Balaban J connectivity index is 2.51. The molecule has 2 rings (SSSR count). The molecule has 0 spiro atoms.